The molecule has 0 radical (unpaired) electrons. The molecule has 20 heavy (non-hydrogen) atoms. The van der Waals surface area contributed by atoms with Gasteiger partial charge in [-0.25, -0.2) is 0 Å². The van der Waals surface area contributed by atoms with E-state index in [1.54, 1.807) is 0 Å². The van der Waals surface area contributed by atoms with E-state index in [1.165, 1.54) is 0 Å². The Morgan fingerprint density at radius 2 is 1.70 bits per heavy atom. The maximum absolute atomic E-state index is 11.1. The molecule has 0 bridgehead atoms. The Hall–Kier alpha value is -0.960. The van der Waals surface area contributed by atoms with Crippen LogP contribution in [0.25, 0.3) is 0 Å². The Labute approximate surface area is 126 Å². The first-order valence-corrected chi connectivity index (χ1v) is 10.3. The molecule has 0 saturated heterocycles. The predicted octanol–water partition coefficient (Wildman–Crippen LogP) is 3.58. The van der Waals surface area contributed by atoms with E-state index in [4.69, 9.17) is 7.07 Å². The van der Waals surface area contributed by atoms with Crippen molar-refractivity contribution in [2.45, 2.75) is 13.8 Å². The van der Waals surface area contributed by atoms with Crippen molar-refractivity contribution < 1.29 is 15.5 Å². The van der Waals surface area contributed by atoms with Gasteiger partial charge < -0.3 is 0 Å². The normalized spacial score (nSPS) is 12.2. The fraction of sp³-hybridized carbons (Fsp3) is 0.143. The van der Waals surface area contributed by atoms with Gasteiger partial charge in [-0.05, 0) is 0 Å². The van der Waals surface area contributed by atoms with E-state index >= 15 is 0 Å². The van der Waals surface area contributed by atoms with Crippen LogP contribution in [0.2, 0.25) is 0 Å². The van der Waals surface area contributed by atoms with Crippen LogP contribution >= 0.6 is 20.2 Å². The van der Waals surface area contributed by atoms with E-state index < -0.39 is 30.6 Å². The quantitative estimate of drug-likeness (QED) is 0.623. The third-order valence-electron chi connectivity index (χ3n) is 2.57. The molecule has 0 atom stereocenters. The van der Waals surface area contributed by atoms with Crippen molar-refractivity contribution in [1.29, 1.82) is 0 Å². The third-order valence-corrected chi connectivity index (χ3v) is 9.42. The Kier molecular flexibility index (Phi) is 4.79. The number of hydrogen-bond acceptors (Lipinski definition) is 3. The van der Waals surface area contributed by atoms with E-state index in [9.17, 15) is 8.42 Å². The minimum absolute atomic E-state index is 0.821. The summed E-state index contributed by atoms with van der Waals surface area (Å²) < 4.78 is 38.0. The van der Waals surface area contributed by atoms with Crippen molar-refractivity contribution in [1.82, 2.24) is 0 Å². The topological polar surface area (TPSA) is 63.6 Å². The van der Waals surface area contributed by atoms with Crippen LogP contribution in [-0.4, -0.2) is 13.0 Å². The zero-order chi connectivity index (χ0) is 14.8. The molecule has 0 aromatic heterocycles. The van der Waals surface area contributed by atoms with Crippen molar-refractivity contribution >= 4 is 30.6 Å². The fourth-order valence-electron chi connectivity index (χ4n) is 1.78. The average molecular weight is 406 g/mol. The standard InChI is InChI=1S/C14H15IO4S/c1-11-8-9-14(12(2)10-11)15(19-20(16,17)18)13-6-4-3-5-7-13/h3-10H,1-2H3,(H,16,17,18). The summed E-state index contributed by atoms with van der Waals surface area (Å²) in [5.74, 6) is 0. The van der Waals surface area contributed by atoms with Gasteiger partial charge in [0, 0.05) is 0 Å². The number of halogens is 1. The maximum atomic E-state index is 11.1. The van der Waals surface area contributed by atoms with Crippen LogP contribution in [0.5, 0.6) is 0 Å². The molecule has 108 valence electrons. The summed E-state index contributed by atoms with van der Waals surface area (Å²) in [5, 5.41) is 0. The summed E-state index contributed by atoms with van der Waals surface area (Å²) in [6.45, 7) is 3.89. The number of hydrogen-bond donors (Lipinski definition) is 1. The van der Waals surface area contributed by atoms with Crippen LogP contribution in [0.15, 0.2) is 48.5 Å². The van der Waals surface area contributed by atoms with Gasteiger partial charge >= 0.3 is 127 Å². The Bertz CT molecular complexity index is 698. The van der Waals surface area contributed by atoms with Crippen LogP contribution in [-0.2, 0) is 12.9 Å². The molecule has 0 aliphatic carbocycles. The number of aryl methyl sites for hydroxylation is 2. The van der Waals surface area contributed by atoms with Gasteiger partial charge in [0.1, 0.15) is 0 Å². The van der Waals surface area contributed by atoms with Crippen LogP contribution < -0.4 is 0 Å². The van der Waals surface area contributed by atoms with Crippen LogP contribution in [0, 0.1) is 21.0 Å². The molecule has 0 unspecified atom stereocenters. The second kappa shape index (κ2) is 6.21. The zero-order valence-electron chi connectivity index (χ0n) is 11.1. The van der Waals surface area contributed by atoms with E-state index in [1.807, 2.05) is 62.4 Å². The van der Waals surface area contributed by atoms with Gasteiger partial charge in [0.15, 0.2) is 0 Å². The van der Waals surface area contributed by atoms with Crippen molar-refractivity contribution in [3.63, 3.8) is 0 Å². The van der Waals surface area contributed by atoms with Gasteiger partial charge in [-0.2, -0.15) is 0 Å². The van der Waals surface area contributed by atoms with Gasteiger partial charge in [-0.3, -0.25) is 0 Å². The van der Waals surface area contributed by atoms with Crippen LogP contribution in [0.4, 0.5) is 0 Å². The molecule has 2 aromatic rings. The molecule has 0 spiro atoms. The van der Waals surface area contributed by atoms with E-state index in [2.05, 4.69) is 0 Å². The molecule has 0 aliphatic heterocycles. The second-order valence-corrected chi connectivity index (χ2v) is 10.2. The molecule has 6 heteroatoms. The fourth-order valence-corrected chi connectivity index (χ4v) is 7.82. The van der Waals surface area contributed by atoms with E-state index in [-0.39, 0.29) is 0 Å². The molecule has 0 aliphatic rings. The summed E-state index contributed by atoms with van der Waals surface area (Å²) in [5.41, 5.74) is 2.07. The first-order valence-electron chi connectivity index (χ1n) is 5.86. The van der Waals surface area contributed by atoms with Gasteiger partial charge in [0.25, 0.3) is 0 Å². The predicted molar refractivity (Wildman–Crippen MR) is 86.4 cm³/mol. The molecule has 2 rings (SSSR count). The molecule has 0 fully saturated rings. The van der Waals surface area contributed by atoms with Gasteiger partial charge in [0.05, 0.1) is 0 Å². The van der Waals surface area contributed by atoms with Crippen molar-refractivity contribution in [3.8, 4) is 0 Å². The van der Waals surface area contributed by atoms with E-state index in [0.717, 1.165) is 18.3 Å². The Balaban J connectivity index is 2.52. The summed E-state index contributed by atoms with van der Waals surface area (Å²) >= 11 is -2.68. The van der Waals surface area contributed by atoms with Gasteiger partial charge in [-0.1, -0.05) is 0 Å². The Morgan fingerprint density at radius 3 is 2.25 bits per heavy atom. The van der Waals surface area contributed by atoms with E-state index in [0.29, 0.717) is 0 Å². The zero-order valence-corrected chi connectivity index (χ0v) is 14.1. The molecular formula is C14H15IO4S. The third kappa shape index (κ3) is 4.02. The Morgan fingerprint density at radius 1 is 1.05 bits per heavy atom. The monoisotopic (exact) mass is 406 g/mol. The second-order valence-electron chi connectivity index (χ2n) is 4.29. The van der Waals surface area contributed by atoms with Crippen molar-refractivity contribution in [2.75, 3.05) is 0 Å². The molecule has 0 saturated carbocycles. The van der Waals surface area contributed by atoms with Crippen molar-refractivity contribution in [3.05, 3.63) is 66.8 Å². The molecule has 4 nitrogen and oxygen atoms in total. The average Bonchev–Trinajstić information content (AvgIpc) is 2.36. The van der Waals surface area contributed by atoms with Gasteiger partial charge in [-0.15, -0.1) is 0 Å². The molecule has 0 amide bonds. The van der Waals surface area contributed by atoms with Gasteiger partial charge in [0.2, 0.25) is 0 Å². The molecule has 1 N–H and O–H groups in total. The first-order chi connectivity index (χ1) is 9.37. The SMILES string of the molecule is Cc1ccc(I(OS(=O)(=O)O)c2ccccc2)c(C)c1. The summed E-state index contributed by atoms with van der Waals surface area (Å²) in [6, 6.07) is 15.0. The minimum atomic E-state index is -4.48. The van der Waals surface area contributed by atoms with Crippen LogP contribution in [0.1, 0.15) is 11.1 Å². The number of rotatable bonds is 4. The van der Waals surface area contributed by atoms with Crippen LogP contribution in [0.3, 0.4) is 0 Å². The number of benzene rings is 2. The van der Waals surface area contributed by atoms with Crippen molar-refractivity contribution in [2.24, 2.45) is 0 Å². The molecule has 2 aromatic carbocycles. The molecule has 0 heterocycles. The summed E-state index contributed by atoms with van der Waals surface area (Å²) in [6.07, 6.45) is 0. The molecular weight excluding hydrogens is 391 g/mol. The summed E-state index contributed by atoms with van der Waals surface area (Å²) in [7, 11) is -4.48. The first kappa shape index (κ1) is 15.4. The summed E-state index contributed by atoms with van der Waals surface area (Å²) in [4.78, 5) is 0.